The van der Waals surface area contributed by atoms with E-state index in [0.717, 1.165) is 16.5 Å². The minimum Gasteiger partial charge on any atom is -0.361 e. The molecule has 25 heavy (non-hydrogen) atoms. The third-order valence-electron chi connectivity index (χ3n) is 4.02. The summed E-state index contributed by atoms with van der Waals surface area (Å²) < 4.78 is 1.64. The highest BCUT2D eigenvalue weighted by atomic mass is 35.5. The Balaban J connectivity index is 1.60. The molecular weight excluding hydrogens is 336 g/mol. The number of benzene rings is 2. The molecular formula is C19H15ClN4O. The number of nitrogens with one attached hydrogen (secondary N) is 2. The largest absolute Gasteiger partial charge is 0.361 e. The van der Waals surface area contributed by atoms with E-state index >= 15 is 0 Å². The minimum absolute atomic E-state index is 0.111. The van der Waals surface area contributed by atoms with Crippen LogP contribution in [0.2, 0.25) is 5.02 Å². The van der Waals surface area contributed by atoms with Gasteiger partial charge in [-0.2, -0.15) is 5.10 Å². The molecule has 124 valence electrons. The van der Waals surface area contributed by atoms with Crippen LogP contribution in [0.5, 0.6) is 0 Å². The molecule has 0 unspecified atom stereocenters. The van der Waals surface area contributed by atoms with Gasteiger partial charge in [-0.15, -0.1) is 0 Å². The number of aromatic nitrogens is 3. The van der Waals surface area contributed by atoms with Gasteiger partial charge in [-0.25, -0.2) is 4.68 Å². The Morgan fingerprint density at radius 3 is 2.88 bits per heavy atom. The molecule has 0 aliphatic rings. The number of hydrogen-bond donors (Lipinski definition) is 2. The molecule has 2 heterocycles. The van der Waals surface area contributed by atoms with Gasteiger partial charge in [0.25, 0.3) is 0 Å². The van der Waals surface area contributed by atoms with E-state index in [0.29, 0.717) is 16.4 Å². The lowest BCUT2D eigenvalue weighted by atomic mass is 10.1. The van der Waals surface area contributed by atoms with Crippen LogP contribution >= 0.6 is 11.6 Å². The van der Waals surface area contributed by atoms with Crippen LogP contribution in [0.4, 0.5) is 5.69 Å². The molecule has 6 heteroatoms. The van der Waals surface area contributed by atoms with Gasteiger partial charge in [0.2, 0.25) is 5.91 Å². The van der Waals surface area contributed by atoms with Crippen molar-refractivity contribution in [2.75, 3.05) is 5.32 Å². The van der Waals surface area contributed by atoms with E-state index in [2.05, 4.69) is 15.4 Å². The summed E-state index contributed by atoms with van der Waals surface area (Å²) in [5.74, 6) is -0.111. The number of fused-ring (bicyclic) bond motifs is 1. The number of halogens is 1. The summed E-state index contributed by atoms with van der Waals surface area (Å²) >= 11 is 6.31. The highest BCUT2D eigenvalue weighted by molar-refractivity contribution is 6.33. The maximum atomic E-state index is 12.6. The molecule has 0 fully saturated rings. The molecule has 0 spiro atoms. The van der Waals surface area contributed by atoms with E-state index in [1.165, 1.54) is 0 Å². The Labute approximate surface area is 149 Å². The Bertz CT molecular complexity index is 1040. The Hall–Kier alpha value is -3.05. The summed E-state index contributed by atoms with van der Waals surface area (Å²) in [5, 5.41) is 8.73. The first-order chi connectivity index (χ1) is 12.2. The number of rotatable bonds is 4. The molecule has 0 bridgehead atoms. The van der Waals surface area contributed by atoms with Crippen LogP contribution in [0.15, 0.2) is 67.1 Å². The lowest BCUT2D eigenvalue weighted by Gasteiger charge is -2.12. The predicted molar refractivity (Wildman–Crippen MR) is 99.2 cm³/mol. The van der Waals surface area contributed by atoms with Gasteiger partial charge in [-0.3, -0.25) is 4.79 Å². The van der Waals surface area contributed by atoms with Crippen molar-refractivity contribution in [3.8, 4) is 5.69 Å². The van der Waals surface area contributed by atoms with E-state index in [-0.39, 0.29) is 12.3 Å². The number of aromatic amines is 1. The van der Waals surface area contributed by atoms with E-state index in [9.17, 15) is 4.79 Å². The molecule has 2 N–H and O–H groups in total. The molecule has 0 atom stereocenters. The first-order valence-corrected chi connectivity index (χ1v) is 8.23. The number of hydrogen-bond acceptors (Lipinski definition) is 2. The van der Waals surface area contributed by atoms with Crippen LogP contribution in [-0.2, 0) is 11.2 Å². The predicted octanol–water partition coefficient (Wildman–Crippen LogP) is 4.19. The third-order valence-corrected chi connectivity index (χ3v) is 4.33. The molecule has 2 aromatic carbocycles. The lowest BCUT2D eigenvalue weighted by Crippen LogP contribution is -2.16. The first-order valence-electron chi connectivity index (χ1n) is 7.86. The van der Waals surface area contributed by atoms with E-state index in [1.807, 2.05) is 36.5 Å². The molecule has 0 saturated heterocycles. The molecule has 4 rings (SSSR count). The van der Waals surface area contributed by atoms with Gasteiger partial charge in [-0.05, 0) is 29.8 Å². The zero-order valence-corrected chi connectivity index (χ0v) is 14.0. The second-order valence-electron chi connectivity index (χ2n) is 5.67. The number of carbonyl (C=O) groups is 1. The number of nitrogens with zero attached hydrogens (tertiary/aromatic N) is 2. The number of carbonyl (C=O) groups excluding carboxylic acids is 1. The van der Waals surface area contributed by atoms with Crippen LogP contribution in [0.3, 0.4) is 0 Å². The van der Waals surface area contributed by atoms with Gasteiger partial charge in [-0.1, -0.05) is 35.9 Å². The summed E-state index contributed by atoms with van der Waals surface area (Å²) in [7, 11) is 0. The van der Waals surface area contributed by atoms with Crippen LogP contribution in [0, 0.1) is 0 Å². The smallest absolute Gasteiger partial charge is 0.228 e. The SMILES string of the molecule is O=C(Cc1c[nH]c2ccccc12)Nc1cccc(Cl)c1-n1cccn1. The number of para-hydroxylation sites is 2. The molecule has 0 radical (unpaired) electrons. The zero-order valence-electron chi connectivity index (χ0n) is 13.2. The van der Waals surface area contributed by atoms with Crippen molar-refractivity contribution < 1.29 is 4.79 Å². The van der Waals surface area contributed by atoms with Crippen molar-refractivity contribution in [2.45, 2.75) is 6.42 Å². The standard InChI is InChI=1S/C19H15ClN4O/c20-15-6-3-8-17(19(15)24-10-4-9-22-24)23-18(25)11-13-12-21-16-7-2-1-5-14(13)16/h1-10,12,21H,11H2,(H,23,25). The van der Waals surface area contributed by atoms with Crippen molar-refractivity contribution in [3.63, 3.8) is 0 Å². The molecule has 2 aromatic heterocycles. The van der Waals surface area contributed by atoms with E-state index < -0.39 is 0 Å². The van der Waals surface area contributed by atoms with Gasteiger partial charge in [0.15, 0.2) is 0 Å². The van der Waals surface area contributed by atoms with Crippen LogP contribution in [-0.4, -0.2) is 20.7 Å². The summed E-state index contributed by atoms with van der Waals surface area (Å²) in [6.07, 6.45) is 5.60. The maximum Gasteiger partial charge on any atom is 0.228 e. The van der Waals surface area contributed by atoms with Gasteiger partial charge < -0.3 is 10.3 Å². The van der Waals surface area contributed by atoms with Gasteiger partial charge in [0, 0.05) is 29.5 Å². The van der Waals surface area contributed by atoms with Crippen molar-refractivity contribution in [2.24, 2.45) is 0 Å². The average molecular weight is 351 g/mol. The molecule has 0 aliphatic heterocycles. The molecule has 4 aromatic rings. The molecule has 1 amide bonds. The quantitative estimate of drug-likeness (QED) is 0.579. The number of anilines is 1. The fourth-order valence-corrected chi connectivity index (χ4v) is 3.16. The monoisotopic (exact) mass is 350 g/mol. The van der Waals surface area contributed by atoms with Crippen molar-refractivity contribution in [3.05, 3.63) is 77.7 Å². The molecule has 0 saturated carbocycles. The second kappa shape index (κ2) is 6.45. The minimum atomic E-state index is -0.111. The Morgan fingerprint density at radius 1 is 1.16 bits per heavy atom. The first kappa shape index (κ1) is 15.5. The van der Waals surface area contributed by atoms with Crippen molar-refractivity contribution in [1.29, 1.82) is 0 Å². The Kier molecular flexibility index (Phi) is 3.99. The average Bonchev–Trinajstić information content (AvgIpc) is 3.26. The molecule has 5 nitrogen and oxygen atoms in total. The summed E-state index contributed by atoms with van der Waals surface area (Å²) in [6, 6.07) is 15.1. The normalized spacial score (nSPS) is 10.9. The highest BCUT2D eigenvalue weighted by Crippen LogP contribution is 2.28. The second-order valence-corrected chi connectivity index (χ2v) is 6.08. The van der Waals surface area contributed by atoms with Crippen LogP contribution in [0.1, 0.15) is 5.56 Å². The fourth-order valence-electron chi connectivity index (χ4n) is 2.90. The van der Waals surface area contributed by atoms with E-state index in [1.54, 1.807) is 35.3 Å². The van der Waals surface area contributed by atoms with Crippen LogP contribution < -0.4 is 5.32 Å². The number of amides is 1. The lowest BCUT2D eigenvalue weighted by molar-refractivity contribution is -0.115. The third kappa shape index (κ3) is 3.02. The maximum absolute atomic E-state index is 12.6. The fraction of sp³-hybridized carbons (Fsp3) is 0.0526. The van der Waals surface area contributed by atoms with Gasteiger partial charge in [0.1, 0.15) is 5.69 Å². The summed E-state index contributed by atoms with van der Waals surface area (Å²) in [4.78, 5) is 15.7. The zero-order chi connectivity index (χ0) is 17.2. The van der Waals surface area contributed by atoms with Crippen LogP contribution in [0.25, 0.3) is 16.6 Å². The molecule has 0 aliphatic carbocycles. The van der Waals surface area contributed by atoms with Crippen molar-refractivity contribution >= 4 is 34.1 Å². The summed E-state index contributed by atoms with van der Waals surface area (Å²) in [6.45, 7) is 0. The van der Waals surface area contributed by atoms with E-state index in [4.69, 9.17) is 11.6 Å². The van der Waals surface area contributed by atoms with Crippen molar-refractivity contribution in [1.82, 2.24) is 14.8 Å². The van der Waals surface area contributed by atoms with Gasteiger partial charge in [0.05, 0.1) is 17.1 Å². The topological polar surface area (TPSA) is 62.7 Å². The number of H-pyrrole nitrogens is 1. The van der Waals surface area contributed by atoms with Gasteiger partial charge >= 0.3 is 0 Å². The highest BCUT2D eigenvalue weighted by Gasteiger charge is 2.14. The summed E-state index contributed by atoms with van der Waals surface area (Å²) in [5.41, 5.74) is 3.25. The Morgan fingerprint density at radius 2 is 2.04 bits per heavy atom.